The summed E-state index contributed by atoms with van der Waals surface area (Å²) in [5.74, 6) is 0.690. The van der Waals surface area contributed by atoms with Crippen molar-refractivity contribution in [3.05, 3.63) is 69.5 Å². The summed E-state index contributed by atoms with van der Waals surface area (Å²) in [7, 11) is 0. The first-order valence-electron chi connectivity index (χ1n) is 6.56. The maximum Gasteiger partial charge on any atom is 0.275 e. The summed E-state index contributed by atoms with van der Waals surface area (Å²) in [6.45, 7) is 0. The standard InChI is InChI=1S/C16H11ClN2OS/c17-10-4-3-5-11(8-10)19-16(20)13-9-21-14-7-2-1-6-12(14)15(13)18-19/h1-8,18H,9H2. The zero-order valence-electron chi connectivity index (χ0n) is 11.0. The van der Waals surface area contributed by atoms with Gasteiger partial charge in [-0.15, -0.1) is 11.8 Å². The van der Waals surface area contributed by atoms with E-state index in [2.05, 4.69) is 11.2 Å². The van der Waals surface area contributed by atoms with E-state index in [0.717, 1.165) is 22.5 Å². The van der Waals surface area contributed by atoms with E-state index in [0.29, 0.717) is 10.8 Å². The Labute approximate surface area is 130 Å². The first-order chi connectivity index (χ1) is 10.2. The van der Waals surface area contributed by atoms with Crippen LogP contribution in [0.2, 0.25) is 5.02 Å². The number of halogens is 1. The molecule has 0 atom stereocenters. The van der Waals surface area contributed by atoms with E-state index in [1.54, 1.807) is 28.6 Å². The highest BCUT2D eigenvalue weighted by Crippen LogP contribution is 2.39. The van der Waals surface area contributed by atoms with Crippen LogP contribution in [0.15, 0.2) is 58.2 Å². The molecule has 4 rings (SSSR count). The first-order valence-corrected chi connectivity index (χ1v) is 7.92. The maximum absolute atomic E-state index is 12.6. The monoisotopic (exact) mass is 314 g/mol. The molecular formula is C16H11ClN2OS. The molecule has 0 amide bonds. The number of hydrogen-bond donors (Lipinski definition) is 1. The van der Waals surface area contributed by atoms with E-state index in [1.807, 2.05) is 30.3 Å². The molecule has 0 aliphatic carbocycles. The van der Waals surface area contributed by atoms with E-state index < -0.39 is 0 Å². The van der Waals surface area contributed by atoms with Crippen LogP contribution < -0.4 is 5.56 Å². The van der Waals surface area contributed by atoms with Gasteiger partial charge >= 0.3 is 0 Å². The number of hydrogen-bond acceptors (Lipinski definition) is 2. The van der Waals surface area contributed by atoms with Gasteiger partial charge in [-0.25, -0.2) is 4.68 Å². The molecule has 3 aromatic rings. The van der Waals surface area contributed by atoms with Crippen LogP contribution in [0, 0.1) is 0 Å². The molecule has 0 spiro atoms. The van der Waals surface area contributed by atoms with Gasteiger partial charge in [0.1, 0.15) is 0 Å². The third-order valence-electron chi connectivity index (χ3n) is 3.58. The third kappa shape index (κ3) is 2.03. The summed E-state index contributed by atoms with van der Waals surface area (Å²) < 4.78 is 1.57. The van der Waals surface area contributed by atoms with Crippen molar-refractivity contribution >= 4 is 23.4 Å². The fourth-order valence-electron chi connectivity index (χ4n) is 2.57. The van der Waals surface area contributed by atoms with E-state index in [4.69, 9.17) is 11.6 Å². The number of thioether (sulfide) groups is 1. The predicted molar refractivity (Wildman–Crippen MR) is 86.4 cm³/mol. The first kappa shape index (κ1) is 12.8. The van der Waals surface area contributed by atoms with Crippen LogP contribution in [0.4, 0.5) is 0 Å². The van der Waals surface area contributed by atoms with Gasteiger partial charge in [0.25, 0.3) is 5.56 Å². The zero-order chi connectivity index (χ0) is 14.4. The Morgan fingerprint density at radius 3 is 2.86 bits per heavy atom. The highest BCUT2D eigenvalue weighted by atomic mass is 35.5. The van der Waals surface area contributed by atoms with Crippen LogP contribution in [0.5, 0.6) is 0 Å². The third-order valence-corrected chi connectivity index (χ3v) is 4.92. The molecule has 0 fully saturated rings. The van der Waals surface area contributed by atoms with Gasteiger partial charge in [-0.3, -0.25) is 9.89 Å². The largest absolute Gasteiger partial charge is 0.290 e. The van der Waals surface area contributed by atoms with E-state index in [1.165, 1.54) is 4.90 Å². The second kappa shape index (κ2) is 4.83. The number of aromatic nitrogens is 2. The smallest absolute Gasteiger partial charge is 0.275 e. The van der Waals surface area contributed by atoms with Crippen molar-refractivity contribution < 1.29 is 0 Å². The Morgan fingerprint density at radius 2 is 2.00 bits per heavy atom. The molecule has 0 saturated carbocycles. The lowest BCUT2D eigenvalue weighted by atomic mass is 10.1. The summed E-state index contributed by atoms with van der Waals surface area (Å²) in [5, 5.41) is 3.85. The molecule has 1 N–H and O–H groups in total. The Bertz CT molecular complexity index is 897. The topological polar surface area (TPSA) is 37.8 Å². The number of fused-ring (bicyclic) bond motifs is 3. The van der Waals surface area contributed by atoms with Gasteiger partial charge in [0.05, 0.1) is 16.9 Å². The van der Waals surface area contributed by atoms with Crippen LogP contribution in [-0.2, 0) is 5.75 Å². The second-order valence-corrected chi connectivity index (χ2v) is 6.32. The van der Waals surface area contributed by atoms with Gasteiger partial charge in [0.15, 0.2) is 0 Å². The van der Waals surface area contributed by atoms with Crippen molar-refractivity contribution in [2.24, 2.45) is 0 Å². The van der Waals surface area contributed by atoms with Gasteiger partial charge < -0.3 is 0 Å². The van der Waals surface area contributed by atoms with Crippen LogP contribution in [0.3, 0.4) is 0 Å². The van der Waals surface area contributed by atoms with Crippen molar-refractivity contribution in [2.75, 3.05) is 0 Å². The van der Waals surface area contributed by atoms with Crippen molar-refractivity contribution in [3.63, 3.8) is 0 Å². The van der Waals surface area contributed by atoms with Crippen LogP contribution >= 0.6 is 23.4 Å². The molecule has 104 valence electrons. The number of rotatable bonds is 1. The Balaban J connectivity index is 1.95. The number of benzene rings is 2. The molecule has 1 aliphatic rings. The SMILES string of the molecule is O=c1c2c([nH]n1-c1cccc(Cl)c1)-c1ccccc1SC2. The summed E-state index contributed by atoms with van der Waals surface area (Å²) >= 11 is 7.72. The molecule has 0 radical (unpaired) electrons. The van der Waals surface area contributed by atoms with E-state index in [-0.39, 0.29) is 5.56 Å². The van der Waals surface area contributed by atoms with Gasteiger partial charge in [-0.05, 0) is 24.3 Å². The minimum absolute atomic E-state index is 0.00531. The lowest BCUT2D eigenvalue weighted by molar-refractivity contribution is 0.850. The summed E-state index contributed by atoms with van der Waals surface area (Å²) in [6.07, 6.45) is 0. The molecule has 0 bridgehead atoms. The van der Waals surface area contributed by atoms with Crippen molar-refractivity contribution in [2.45, 2.75) is 10.6 Å². The van der Waals surface area contributed by atoms with Gasteiger partial charge in [-0.2, -0.15) is 0 Å². The van der Waals surface area contributed by atoms with Crippen molar-refractivity contribution in [1.82, 2.24) is 9.78 Å². The van der Waals surface area contributed by atoms with Gasteiger partial charge in [-0.1, -0.05) is 35.9 Å². The minimum Gasteiger partial charge on any atom is -0.290 e. The molecule has 2 aromatic carbocycles. The number of aromatic amines is 1. The summed E-state index contributed by atoms with van der Waals surface area (Å²) in [6, 6.07) is 15.4. The quantitative estimate of drug-likeness (QED) is 0.734. The van der Waals surface area contributed by atoms with E-state index >= 15 is 0 Å². The molecule has 0 unspecified atom stereocenters. The maximum atomic E-state index is 12.6. The molecule has 1 aromatic heterocycles. The molecule has 2 heterocycles. The number of nitrogens with one attached hydrogen (secondary N) is 1. The molecule has 5 heteroatoms. The number of nitrogens with zero attached hydrogens (tertiary/aromatic N) is 1. The molecule has 21 heavy (non-hydrogen) atoms. The lowest BCUT2D eigenvalue weighted by Crippen LogP contribution is -2.17. The summed E-state index contributed by atoms with van der Waals surface area (Å²) in [5.41, 5.74) is 3.56. The lowest BCUT2D eigenvalue weighted by Gasteiger charge is -2.13. The van der Waals surface area contributed by atoms with Crippen molar-refractivity contribution in [1.29, 1.82) is 0 Å². The second-order valence-electron chi connectivity index (χ2n) is 4.87. The Kier molecular flexibility index (Phi) is 2.94. The highest BCUT2D eigenvalue weighted by Gasteiger charge is 2.23. The molecule has 3 nitrogen and oxygen atoms in total. The Hall–Kier alpha value is -1.91. The van der Waals surface area contributed by atoms with Crippen LogP contribution in [0.25, 0.3) is 16.9 Å². The average molecular weight is 315 g/mol. The van der Waals surface area contributed by atoms with Gasteiger partial charge in [0.2, 0.25) is 0 Å². The average Bonchev–Trinajstić information content (AvgIpc) is 2.85. The normalized spacial score (nSPS) is 12.8. The molecule has 0 saturated heterocycles. The van der Waals surface area contributed by atoms with Crippen LogP contribution in [-0.4, -0.2) is 9.78 Å². The summed E-state index contributed by atoms with van der Waals surface area (Å²) in [4.78, 5) is 13.8. The van der Waals surface area contributed by atoms with Crippen LogP contribution in [0.1, 0.15) is 5.56 Å². The fraction of sp³-hybridized carbons (Fsp3) is 0.0625. The zero-order valence-corrected chi connectivity index (χ0v) is 12.5. The van der Waals surface area contributed by atoms with Crippen molar-refractivity contribution in [3.8, 4) is 16.9 Å². The Morgan fingerprint density at radius 1 is 1.14 bits per heavy atom. The van der Waals surface area contributed by atoms with Gasteiger partial charge in [0, 0.05) is 21.2 Å². The fourth-order valence-corrected chi connectivity index (χ4v) is 3.83. The molecular weight excluding hydrogens is 304 g/mol. The highest BCUT2D eigenvalue weighted by molar-refractivity contribution is 7.98. The number of H-pyrrole nitrogens is 1. The molecule has 1 aliphatic heterocycles. The predicted octanol–water partition coefficient (Wildman–Crippen LogP) is 4.09. The van der Waals surface area contributed by atoms with E-state index in [9.17, 15) is 4.79 Å². The minimum atomic E-state index is -0.00531.